The quantitative estimate of drug-likeness (QED) is 0.156. The lowest BCUT2D eigenvalue weighted by molar-refractivity contribution is 0.114. The highest BCUT2D eigenvalue weighted by atomic mass is 15.4. The first-order chi connectivity index (χ1) is 15.2. The van der Waals surface area contributed by atoms with Gasteiger partial charge in [0, 0.05) is 25.0 Å². The highest BCUT2D eigenvalue weighted by molar-refractivity contribution is 4.98. The van der Waals surface area contributed by atoms with Crippen LogP contribution >= 0.6 is 0 Å². The first-order valence-electron chi connectivity index (χ1n) is 14.4. The average Bonchev–Trinajstić information content (AvgIpc) is 3.17. The molecule has 0 N–H and O–H groups in total. The highest BCUT2D eigenvalue weighted by Gasteiger charge is 2.26. The summed E-state index contributed by atoms with van der Waals surface area (Å²) in [6, 6.07) is 0.610. The molecule has 0 aromatic carbocycles. The molecule has 0 bridgehead atoms. The van der Waals surface area contributed by atoms with Crippen LogP contribution in [0.1, 0.15) is 156 Å². The lowest BCUT2D eigenvalue weighted by Crippen LogP contribution is -2.42. The summed E-state index contributed by atoms with van der Waals surface area (Å²) in [7, 11) is 0. The second-order valence-corrected chi connectivity index (χ2v) is 10.4. The van der Waals surface area contributed by atoms with Gasteiger partial charge in [-0.25, -0.2) is 0 Å². The predicted molar refractivity (Wildman–Crippen MR) is 140 cm³/mol. The summed E-state index contributed by atoms with van der Waals surface area (Å²) >= 11 is 0. The van der Waals surface area contributed by atoms with Gasteiger partial charge in [0.05, 0.1) is 0 Å². The molecule has 0 aliphatic carbocycles. The zero-order valence-electron chi connectivity index (χ0n) is 22.1. The van der Waals surface area contributed by atoms with E-state index in [-0.39, 0.29) is 0 Å². The largest absolute Gasteiger partial charge is 0.356 e. The smallest absolute Gasteiger partial charge is 0.101 e. The molecule has 0 radical (unpaired) electrons. The van der Waals surface area contributed by atoms with Gasteiger partial charge < -0.3 is 9.80 Å². The topological polar surface area (TPSA) is 6.48 Å². The van der Waals surface area contributed by atoms with Crippen molar-refractivity contribution < 1.29 is 0 Å². The molecule has 1 rings (SSSR count). The molecule has 2 heteroatoms. The van der Waals surface area contributed by atoms with Crippen molar-refractivity contribution in [2.45, 2.75) is 168 Å². The molecule has 2 nitrogen and oxygen atoms in total. The Morgan fingerprint density at radius 1 is 0.548 bits per heavy atom. The van der Waals surface area contributed by atoms with E-state index in [1.165, 1.54) is 135 Å². The van der Waals surface area contributed by atoms with Crippen LogP contribution in [0.4, 0.5) is 0 Å². The van der Waals surface area contributed by atoms with Gasteiger partial charge in [0.25, 0.3) is 0 Å². The standard InChI is InChI=1S/C29H58N2/c1-5-7-9-10-11-12-13-14-15-16-17-18-19-20-21-22-23-24-29-30(25-8-6-2)26-27-31(29)28(3)4/h26-29H,5-25H2,1-4H3. The third-order valence-electron chi connectivity index (χ3n) is 7.09. The van der Waals surface area contributed by atoms with E-state index in [2.05, 4.69) is 49.9 Å². The number of unbranched alkanes of at least 4 members (excludes halogenated alkanes) is 17. The molecule has 1 unspecified atom stereocenters. The fourth-order valence-corrected chi connectivity index (χ4v) is 4.98. The maximum Gasteiger partial charge on any atom is 0.101 e. The van der Waals surface area contributed by atoms with Crippen LogP contribution in [0, 0.1) is 0 Å². The summed E-state index contributed by atoms with van der Waals surface area (Å²) in [5, 5.41) is 0. The highest BCUT2D eigenvalue weighted by Crippen LogP contribution is 2.24. The number of hydrogen-bond donors (Lipinski definition) is 0. The van der Waals surface area contributed by atoms with Crippen LogP contribution in [0.2, 0.25) is 0 Å². The van der Waals surface area contributed by atoms with E-state index in [0.717, 1.165) is 0 Å². The Bertz CT molecular complexity index is 404. The maximum absolute atomic E-state index is 2.59. The summed E-state index contributed by atoms with van der Waals surface area (Å²) in [5.41, 5.74) is 0. The van der Waals surface area contributed by atoms with Crippen LogP contribution in [0.25, 0.3) is 0 Å². The minimum absolute atomic E-state index is 0.610. The first-order valence-corrected chi connectivity index (χ1v) is 14.4. The summed E-state index contributed by atoms with van der Waals surface area (Å²) < 4.78 is 0. The van der Waals surface area contributed by atoms with E-state index in [1.54, 1.807) is 0 Å². The second kappa shape index (κ2) is 20.0. The summed E-state index contributed by atoms with van der Waals surface area (Å²) in [4.78, 5) is 5.16. The van der Waals surface area contributed by atoms with Crippen molar-refractivity contribution in [3.05, 3.63) is 12.4 Å². The Hall–Kier alpha value is -0.660. The van der Waals surface area contributed by atoms with Crippen molar-refractivity contribution in [1.29, 1.82) is 0 Å². The molecule has 1 aliphatic rings. The number of nitrogens with zero attached hydrogens (tertiary/aromatic N) is 2. The second-order valence-electron chi connectivity index (χ2n) is 10.4. The zero-order valence-corrected chi connectivity index (χ0v) is 22.1. The predicted octanol–water partition coefficient (Wildman–Crippen LogP) is 9.65. The van der Waals surface area contributed by atoms with Crippen molar-refractivity contribution in [2.24, 2.45) is 0 Å². The SMILES string of the molecule is CCCCCCCCCCCCCCCCCCCC1N(CCCC)C=CN1C(C)C. The van der Waals surface area contributed by atoms with Gasteiger partial charge in [0.2, 0.25) is 0 Å². The molecular weight excluding hydrogens is 376 g/mol. The van der Waals surface area contributed by atoms with E-state index in [0.29, 0.717) is 12.2 Å². The third-order valence-corrected chi connectivity index (χ3v) is 7.09. The molecule has 184 valence electrons. The van der Waals surface area contributed by atoms with E-state index < -0.39 is 0 Å². The van der Waals surface area contributed by atoms with Gasteiger partial charge >= 0.3 is 0 Å². The van der Waals surface area contributed by atoms with Crippen molar-refractivity contribution in [1.82, 2.24) is 9.80 Å². The normalized spacial score (nSPS) is 16.2. The van der Waals surface area contributed by atoms with Crippen LogP contribution in [0.5, 0.6) is 0 Å². The zero-order chi connectivity index (χ0) is 22.6. The van der Waals surface area contributed by atoms with E-state index in [4.69, 9.17) is 0 Å². The van der Waals surface area contributed by atoms with Crippen molar-refractivity contribution >= 4 is 0 Å². The Labute approximate surface area is 197 Å². The lowest BCUT2D eigenvalue weighted by atomic mass is 10.0. The fourth-order valence-electron chi connectivity index (χ4n) is 4.98. The van der Waals surface area contributed by atoms with Gasteiger partial charge in [-0.2, -0.15) is 0 Å². The van der Waals surface area contributed by atoms with Crippen molar-refractivity contribution in [3.63, 3.8) is 0 Å². The molecule has 1 heterocycles. The monoisotopic (exact) mass is 434 g/mol. The molecule has 31 heavy (non-hydrogen) atoms. The summed E-state index contributed by atoms with van der Waals surface area (Å²) in [6.07, 6.45) is 33.9. The first kappa shape index (κ1) is 28.4. The van der Waals surface area contributed by atoms with Gasteiger partial charge in [-0.05, 0) is 33.1 Å². The molecule has 0 saturated heterocycles. The van der Waals surface area contributed by atoms with Crippen LogP contribution in [-0.2, 0) is 0 Å². The Balaban J connectivity index is 1.90. The molecule has 0 amide bonds. The maximum atomic E-state index is 2.59. The Morgan fingerprint density at radius 3 is 1.39 bits per heavy atom. The molecule has 1 aliphatic heterocycles. The molecule has 0 aromatic rings. The van der Waals surface area contributed by atoms with Gasteiger partial charge in [-0.3, -0.25) is 0 Å². The molecule has 0 spiro atoms. The molecule has 0 saturated carbocycles. The van der Waals surface area contributed by atoms with Crippen molar-refractivity contribution in [3.8, 4) is 0 Å². The van der Waals surface area contributed by atoms with Crippen LogP contribution in [-0.4, -0.2) is 28.6 Å². The van der Waals surface area contributed by atoms with Gasteiger partial charge in [-0.15, -0.1) is 0 Å². The fraction of sp³-hybridized carbons (Fsp3) is 0.931. The van der Waals surface area contributed by atoms with Crippen LogP contribution in [0.3, 0.4) is 0 Å². The molecule has 0 aromatic heterocycles. The van der Waals surface area contributed by atoms with Gasteiger partial charge in [0.1, 0.15) is 6.17 Å². The third kappa shape index (κ3) is 14.2. The van der Waals surface area contributed by atoms with Crippen LogP contribution in [0.15, 0.2) is 12.4 Å². The Morgan fingerprint density at radius 2 is 0.968 bits per heavy atom. The average molecular weight is 435 g/mol. The van der Waals surface area contributed by atoms with E-state index >= 15 is 0 Å². The summed E-state index contributed by atoms with van der Waals surface area (Å²) in [5.74, 6) is 0. The minimum atomic E-state index is 0.610. The molecular formula is C29H58N2. The molecule has 1 atom stereocenters. The van der Waals surface area contributed by atoms with Gasteiger partial charge in [-0.1, -0.05) is 123 Å². The van der Waals surface area contributed by atoms with E-state index in [9.17, 15) is 0 Å². The lowest BCUT2D eigenvalue weighted by Gasteiger charge is -2.35. The minimum Gasteiger partial charge on any atom is -0.356 e. The van der Waals surface area contributed by atoms with Crippen LogP contribution < -0.4 is 0 Å². The van der Waals surface area contributed by atoms with Gasteiger partial charge in [0.15, 0.2) is 0 Å². The number of rotatable bonds is 22. The van der Waals surface area contributed by atoms with E-state index in [1.807, 2.05) is 0 Å². The Kier molecular flexibility index (Phi) is 18.3. The summed E-state index contributed by atoms with van der Waals surface area (Å²) in [6.45, 7) is 10.5. The number of hydrogen-bond acceptors (Lipinski definition) is 2. The molecule has 0 fully saturated rings. The van der Waals surface area contributed by atoms with Crippen molar-refractivity contribution in [2.75, 3.05) is 6.54 Å².